The number of carbonyl (C=O) groups excluding carboxylic acids is 2. The molecule has 0 saturated carbocycles. The Morgan fingerprint density at radius 3 is 2.47 bits per heavy atom. The first-order chi connectivity index (χ1) is 8.80. The van der Waals surface area contributed by atoms with E-state index >= 15 is 0 Å². The highest BCUT2D eigenvalue weighted by molar-refractivity contribution is 7.99. The van der Waals surface area contributed by atoms with Gasteiger partial charge < -0.3 is 15.8 Å². The fourth-order valence-electron chi connectivity index (χ4n) is 1.42. The van der Waals surface area contributed by atoms with Gasteiger partial charge >= 0.3 is 5.97 Å². The van der Waals surface area contributed by atoms with Gasteiger partial charge in [-0.2, -0.15) is 11.8 Å². The Bertz CT molecular complexity index is 290. The lowest BCUT2D eigenvalue weighted by atomic mass is 9.92. The summed E-state index contributed by atoms with van der Waals surface area (Å²) < 4.78 is 4.71. The SMILES string of the molecule is COC(=O)[C@H](CSCCCN)NC(=O)CC(C)(C)C. The first-order valence-electron chi connectivity index (χ1n) is 6.45. The van der Waals surface area contributed by atoms with Gasteiger partial charge in [0.05, 0.1) is 7.11 Å². The number of hydrogen-bond donors (Lipinski definition) is 2. The Morgan fingerprint density at radius 2 is 2.00 bits per heavy atom. The zero-order valence-corrected chi connectivity index (χ0v) is 13.1. The molecule has 0 aromatic heterocycles. The van der Waals surface area contributed by atoms with Crippen molar-refractivity contribution in [3.05, 3.63) is 0 Å². The molecule has 0 aliphatic carbocycles. The average Bonchev–Trinajstić information content (AvgIpc) is 2.29. The summed E-state index contributed by atoms with van der Waals surface area (Å²) in [6.45, 7) is 6.58. The van der Waals surface area contributed by atoms with Crippen molar-refractivity contribution < 1.29 is 14.3 Å². The van der Waals surface area contributed by atoms with E-state index in [1.807, 2.05) is 20.8 Å². The Labute approximate surface area is 120 Å². The Kier molecular flexibility index (Phi) is 8.84. The van der Waals surface area contributed by atoms with Gasteiger partial charge in [-0.3, -0.25) is 4.79 Å². The van der Waals surface area contributed by atoms with E-state index in [-0.39, 0.29) is 11.3 Å². The van der Waals surface area contributed by atoms with Crippen LogP contribution in [0.1, 0.15) is 33.6 Å². The summed E-state index contributed by atoms with van der Waals surface area (Å²) in [5.74, 6) is 0.867. The average molecular weight is 290 g/mol. The van der Waals surface area contributed by atoms with Gasteiger partial charge in [0.15, 0.2) is 0 Å². The molecule has 0 bridgehead atoms. The van der Waals surface area contributed by atoms with Crippen LogP contribution in [-0.4, -0.2) is 43.1 Å². The topological polar surface area (TPSA) is 81.4 Å². The zero-order chi connectivity index (χ0) is 14.9. The second-order valence-electron chi connectivity index (χ2n) is 5.60. The summed E-state index contributed by atoms with van der Waals surface area (Å²) in [5.41, 5.74) is 5.31. The third-order valence-electron chi connectivity index (χ3n) is 2.29. The molecule has 5 nitrogen and oxygen atoms in total. The van der Waals surface area contributed by atoms with E-state index in [2.05, 4.69) is 5.32 Å². The number of rotatable bonds is 8. The number of thioether (sulfide) groups is 1. The van der Waals surface area contributed by atoms with Gasteiger partial charge in [-0.1, -0.05) is 20.8 Å². The molecule has 0 aromatic carbocycles. The van der Waals surface area contributed by atoms with Crippen molar-refractivity contribution in [2.45, 2.75) is 39.7 Å². The fourth-order valence-corrected chi connectivity index (χ4v) is 2.42. The summed E-state index contributed by atoms with van der Waals surface area (Å²) >= 11 is 1.59. The fraction of sp³-hybridized carbons (Fsp3) is 0.846. The normalized spacial score (nSPS) is 12.9. The van der Waals surface area contributed by atoms with Crippen LogP contribution in [-0.2, 0) is 14.3 Å². The third kappa shape index (κ3) is 9.78. The van der Waals surface area contributed by atoms with Gasteiger partial charge in [-0.05, 0) is 24.1 Å². The third-order valence-corrected chi connectivity index (χ3v) is 3.44. The van der Waals surface area contributed by atoms with Gasteiger partial charge in [0.25, 0.3) is 0 Å². The van der Waals surface area contributed by atoms with Crippen molar-refractivity contribution in [3.8, 4) is 0 Å². The Morgan fingerprint density at radius 1 is 1.37 bits per heavy atom. The molecular formula is C13H26N2O3S. The van der Waals surface area contributed by atoms with Gasteiger partial charge in [-0.15, -0.1) is 0 Å². The van der Waals surface area contributed by atoms with E-state index in [0.717, 1.165) is 12.2 Å². The van der Waals surface area contributed by atoms with E-state index < -0.39 is 12.0 Å². The van der Waals surface area contributed by atoms with E-state index in [0.29, 0.717) is 18.7 Å². The predicted molar refractivity (Wildman–Crippen MR) is 79.0 cm³/mol. The number of nitrogens with two attached hydrogens (primary N) is 1. The van der Waals surface area contributed by atoms with E-state index in [1.165, 1.54) is 7.11 Å². The molecule has 0 aliphatic heterocycles. The highest BCUT2D eigenvalue weighted by atomic mass is 32.2. The largest absolute Gasteiger partial charge is 0.467 e. The number of nitrogens with one attached hydrogen (secondary N) is 1. The highest BCUT2D eigenvalue weighted by Gasteiger charge is 2.24. The molecule has 0 saturated heterocycles. The van der Waals surface area contributed by atoms with Crippen LogP contribution in [0.15, 0.2) is 0 Å². The summed E-state index contributed by atoms with van der Waals surface area (Å²) in [7, 11) is 1.33. The molecule has 0 fully saturated rings. The molecule has 0 unspecified atom stereocenters. The standard InChI is InChI=1S/C13H26N2O3S/c1-13(2,3)8-11(16)15-10(12(17)18-4)9-19-7-5-6-14/h10H,5-9,14H2,1-4H3,(H,15,16)/t10-/m0/s1. The molecule has 1 amide bonds. The minimum Gasteiger partial charge on any atom is -0.467 e. The van der Waals surface area contributed by atoms with Crippen LogP contribution in [0.2, 0.25) is 0 Å². The lowest BCUT2D eigenvalue weighted by molar-refractivity contribution is -0.144. The number of amides is 1. The molecule has 0 radical (unpaired) electrons. The molecule has 0 heterocycles. The van der Waals surface area contributed by atoms with Gasteiger partial charge in [-0.25, -0.2) is 4.79 Å². The Balaban J connectivity index is 4.27. The molecular weight excluding hydrogens is 264 g/mol. The van der Waals surface area contributed by atoms with Crippen LogP contribution < -0.4 is 11.1 Å². The van der Waals surface area contributed by atoms with Crippen molar-refractivity contribution in [2.75, 3.05) is 25.2 Å². The van der Waals surface area contributed by atoms with E-state index in [1.54, 1.807) is 11.8 Å². The second-order valence-corrected chi connectivity index (χ2v) is 6.75. The molecule has 6 heteroatoms. The molecule has 19 heavy (non-hydrogen) atoms. The van der Waals surface area contributed by atoms with Crippen molar-refractivity contribution in [2.24, 2.45) is 11.1 Å². The number of hydrogen-bond acceptors (Lipinski definition) is 5. The molecule has 0 spiro atoms. The number of methoxy groups -OCH3 is 1. The Hall–Kier alpha value is -0.750. The van der Waals surface area contributed by atoms with Gasteiger partial charge in [0.1, 0.15) is 6.04 Å². The molecule has 0 aliphatic rings. The lowest BCUT2D eigenvalue weighted by Crippen LogP contribution is -2.44. The quantitative estimate of drug-likeness (QED) is 0.518. The van der Waals surface area contributed by atoms with Crippen molar-refractivity contribution in [1.29, 1.82) is 0 Å². The van der Waals surface area contributed by atoms with Crippen LogP contribution in [0.25, 0.3) is 0 Å². The zero-order valence-electron chi connectivity index (χ0n) is 12.3. The monoisotopic (exact) mass is 290 g/mol. The van der Waals surface area contributed by atoms with Crippen LogP contribution in [0.4, 0.5) is 0 Å². The van der Waals surface area contributed by atoms with Crippen LogP contribution in [0.5, 0.6) is 0 Å². The lowest BCUT2D eigenvalue weighted by Gasteiger charge is -2.21. The van der Waals surface area contributed by atoms with E-state index in [4.69, 9.17) is 10.5 Å². The van der Waals surface area contributed by atoms with Gasteiger partial charge in [0.2, 0.25) is 5.91 Å². The summed E-state index contributed by atoms with van der Waals surface area (Å²) in [4.78, 5) is 23.4. The van der Waals surface area contributed by atoms with Crippen molar-refractivity contribution in [1.82, 2.24) is 5.32 Å². The smallest absolute Gasteiger partial charge is 0.329 e. The molecule has 0 aromatic rings. The number of esters is 1. The first-order valence-corrected chi connectivity index (χ1v) is 7.60. The van der Waals surface area contributed by atoms with Crippen molar-refractivity contribution in [3.63, 3.8) is 0 Å². The minimum absolute atomic E-state index is 0.0998. The highest BCUT2D eigenvalue weighted by Crippen LogP contribution is 2.18. The maximum absolute atomic E-state index is 11.8. The molecule has 1 atom stereocenters. The molecule has 3 N–H and O–H groups in total. The van der Waals surface area contributed by atoms with Crippen LogP contribution in [0, 0.1) is 5.41 Å². The molecule has 112 valence electrons. The maximum atomic E-state index is 11.8. The summed E-state index contributed by atoms with van der Waals surface area (Å²) in [5, 5.41) is 2.74. The minimum atomic E-state index is -0.581. The van der Waals surface area contributed by atoms with Gasteiger partial charge in [0, 0.05) is 12.2 Å². The van der Waals surface area contributed by atoms with Crippen LogP contribution in [0.3, 0.4) is 0 Å². The summed E-state index contributed by atoms with van der Waals surface area (Å²) in [6, 6.07) is -0.581. The predicted octanol–water partition coefficient (Wildman–Crippen LogP) is 1.16. The first kappa shape index (κ1) is 18.2. The second kappa shape index (κ2) is 9.20. The van der Waals surface area contributed by atoms with Crippen molar-refractivity contribution >= 4 is 23.6 Å². The molecule has 0 rings (SSSR count). The summed E-state index contributed by atoms with van der Waals surface area (Å²) in [6.07, 6.45) is 1.28. The number of carbonyl (C=O) groups is 2. The van der Waals surface area contributed by atoms with Crippen LogP contribution >= 0.6 is 11.8 Å². The maximum Gasteiger partial charge on any atom is 0.329 e. The van der Waals surface area contributed by atoms with E-state index in [9.17, 15) is 9.59 Å². The number of ether oxygens (including phenoxy) is 1.